The highest BCUT2D eigenvalue weighted by Crippen LogP contribution is 2.36. The Morgan fingerprint density at radius 2 is 2.05 bits per heavy atom. The molecule has 0 fully saturated rings. The van der Waals surface area contributed by atoms with E-state index in [4.69, 9.17) is 5.73 Å². The maximum absolute atomic E-state index is 5.84. The number of hydrogen-bond donors (Lipinski definition) is 1. The Bertz CT molecular complexity index is 565. The molecule has 2 aromatic rings. The molecule has 2 heterocycles. The van der Waals surface area contributed by atoms with Gasteiger partial charge < -0.3 is 5.73 Å². The first-order valence-electron chi connectivity index (χ1n) is 6.53. The van der Waals surface area contributed by atoms with Crippen molar-refractivity contribution in [1.82, 2.24) is 4.90 Å². The minimum Gasteiger partial charge on any atom is -0.326 e. The summed E-state index contributed by atoms with van der Waals surface area (Å²) in [5.74, 6) is 0. The average Bonchev–Trinajstić information content (AvgIpc) is 2.74. The van der Waals surface area contributed by atoms with E-state index in [2.05, 4.69) is 51.2 Å². The first-order valence-corrected chi connectivity index (χ1v) is 8.14. The normalized spacial score (nSPS) is 15.5. The standard InChI is InChI=1S/C15H17BrN2S/c16-15-13(8-17)12-6-7-18(10-14(12)19-15)9-11-4-2-1-3-5-11/h1-5H,6-10,17H2. The molecular weight excluding hydrogens is 320 g/mol. The van der Waals surface area contributed by atoms with Gasteiger partial charge in [-0.3, -0.25) is 4.90 Å². The van der Waals surface area contributed by atoms with E-state index in [9.17, 15) is 0 Å². The summed E-state index contributed by atoms with van der Waals surface area (Å²) in [7, 11) is 0. The third-order valence-electron chi connectivity index (χ3n) is 3.65. The molecule has 100 valence electrons. The molecule has 0 spiro atoms. The van der Waals surface area contributed by atoms with E-state index in [0.29, 0.717) is 6.54 Å². The van der Waals surface area contributed by atoms with Crippen LogP contribution in [0.5, 0.6) is 0 Å². The van der Waals surface area contributed by atoms with Crippen LogP contribution >= 0.6 is 27.3 Å². The summed E-state index contributed by atoms with van der Waals surface area (Å²) in [6.45, 7) is 3.85. The second-order valence-corrected chi connectivity index (χ2v) is 7.33. The number of rotatable bonds is 3. The van der Waals surface area contributed by atoms with Crippen LogP contribution in [-0.2, 0) is 26.1 Å². The lowest BCUT2D eigenvalue weighted by Gasteiger charge is -2.27. The molecule has 19 heavy (non-hydrogen) atoms. The van der Waals surface area contributed by atoms with Crippen LogP contribution < -0.4 is 5.73 Å². The van der Waals surface area contributed by atoms with E-state index in [1.54, 1.807) is 0 Å². The number of nitrogens with two attached hydrogens (primary N) is 1. The van der Waals surface area contributed by atoms with Crippen LogP contribution in [0.4, 0.5) is 0 Å². The van der Waals surface area contributed by atoms with Gasteiger partial charge in [-0.1, -0.05) is 30.3 Å². The lowest BCUT2D eigenvalue weighted by molar-refractivity contribution is 0.248. The SMILES string of the molecule is NCc1c(Br)sc2c1CCN(Cc1ccccc1)C2. The third-order valence-corrected chi connectivity index (χ3v) is 5.66. The Balaban J connectivity index is 1.76. The van der Waals surface area contributed by atoms with E-state index >= 15 is 0 Å². The van der Waals surface area contributed by atoms with Crippen molar-refractivity contribution >= 4 is 27.3 Å². The minimum absolute atomic E-state index is 0.644. The number of nitrogens with zero attached hydrogens (tertiary/aromatic N) is 1. The van der Waals surface area contributed by atoms with Gasteiger partial charge in [-0.25, -0.2) is 0 Å². The summed E-state index contributed by atoms with van der Waals surface area (Å²) in [5, 5.41) is 0. The molecule has 1 aromatic heterocycles. The molecule has 1 aliphatic heterocycles. The Hall–Kier alpha value is -0.680. The molecule has 2 nitrogen and oxygen atoms in total. The Morgan fingerprint density at radius 1 is 1.26 bits per heavy atom. The van der Waals surface area contributed by atoms with E-state index in [-0.39, 0.29) is 0 Å². The molecule has 1 aliphatic rings. The molecule has 0 saturated heterocycles. The minimum atomic E-state index is 0.644. The number of halogens is 1. The zero-order valence-electron chi connectivity index (χ0n) is 10.7. The predicted molar refractivity (Wildman–Crippen MR) is 84.2 cm³/mol. The largest absolute Gasteiger partial charge is 0.326 e. The zero-order valence-corrected chi connectivity index (χ0v) is 13.1. The highest BCUT2D eigenvalue weighted by atomic mass is 79.9. The first kappa shape index (κ1) is 13.3. The first-order chi connectivity index (χ1) is 9.28. The summed E-state index contributed by atoms with van der Waals surface area (Å²) >= 11 is 5.50. The van der Waals surface area contributed by atoms with Gasteiger partial charge in [0.25, 0.3) is 0 Å². The molecule has 0 radical (unpaired) electrons. The summed E-state index contributed by atoms with van der Waals surface area (Å²) < 4.78 is 1.22. The molecular formula is C15H17BrN2S. The molecule has 2 N–H and O–H groups in total. The number of benzene rings is 1. The quantitative estimate of drug-likeness (QED) is 0.928. The average molecular weight is 337 g/mol. The molecule has 0 aliphatic carbocycles. The van der Waals surface area contributed by atoms with Crippen LogP contribution in [0.25, 0.3) is 0 Å². The van der Waals surface area contributed by atoms with Crippen molar-refractivity contribution in [3.63, 3.8) is 0 Å². The predicted octanol–water partition coefficient (Wildman–Crippen LogP) is 3.53. The fourth-order valence-electron chi connectivity index (χ4n) is 2.67. The van der Waals surface area contributed by atoms with Gasteiger partial charge in [-0.15, -0.1) is 11.3 Å². The van der Waals surface area contributed by atoms with Crippen molar-refractivity contribution < 1.29 is 0 Å². The Labute approximate surface area is 126 Å². The smallest absolute Gasteiger partial charge is 0.0749 e. The van der Waals surface area contributed by atoms with Gasteiger partial charge >= 0.3 is 0 Å². The van der Waals surface area contributed by atoms with Gasteiger partial charge in [0.05, 0.1) is 3.79 Å². The van der Waals surface area contributed by atoms with E-state index in [0.717, 1.165) is 26.1 Å². The summed E-state index contributed by atoms with van der Waals surface area (Å²) in [4.78, 5) is 4.00. The van der Waals surface area contributed by atoms with Gasteiger partial charge in [0.15, 0.2) is 0 Å². The van der Waals surface area contributed by atoms with Crippen molar-refractivity contribution in [3.8, 4) is 0 Å². The number of fused-ring (bicyclic) bond motifs is 1. The highest BCUT2D eigenvalue weighted by Gasteiger charge is 2.22. The molecule has 4 heteroatoms. The second kappa shape index (κ2) is 5.75. The fourth-order valence-corrected chi connectivity index (χ4v) is 4.80. The monoisotopic (exact) mass is 336 g/mol. The summed E-state index contributed by atoms with van der Waals surface area (Å²) in [6.07, 6.45) is 1.12. The molecule has 0 amide bonds. The Kier molecular flexibility index (Phi) is 4.03. The summed E-state index contributed by atoms with van der Waals surface area (Å²) in [6, 6.07) is 10.7. The Morgan fingerprint density at radius 3 is 2.79 bits per heavy atom. The lowest BCUT2D eigenvalue weighted by atomic mass is 10.0. The van der Waals surface area contributed by atoms with Gasteiger partial charge in [0.1, 0.15) is 0 Å². The fraction of sp³-hybridized carbons (Fsp3) is 0.333. The van der Waals surface area contributed by atoms with Crippen LogP contribution in [0.1, 0.15) is 21.6 Å². The lowest BCUT2D eigenvalue weighted by Crippen LogP contribution is -2.29. The van der Waals surface area contributed by atoms with Crippen LogP contribution in [0.2, 0.25) is 0 Å². The highest BCUT2D eigenvalue weighted by molar-refractivity contribution is 9.11. The van der Waals surface area contributed by atoms with Crippen molar-refractivity contribution in [2.75, 3.05) is 6.54 Å². The van der Waals surface area contributed by atoms with Crippen LogP contribution in [0.3, 0.4) is 0 Å². The second-order valence-electron chi connectivity index (χ2n) is 4.91. The molecule has 3 rings (SSSR count). The number of hydrogen-bond acceptors (Lipinski definition) is 3. The van der Waals surface area contributed by atoms with Crippen molar-refractivity contribution in [3.05, 3.63) is 55.7 Å². The summed E-state index contributed by atoms with van der Waals surface area (Å²) in [5.41, 5.74) is 10.0. The maximum Gasteiger partial charge on any atom is 0.0749 e. The molecule has 0 bridgehead atoms. The molecule has 1 aromatic carbocycles. The van der Waals surface area contributed by atoms with Crippen molar-refractivity contribution in [2.24, 2.45) is 5.73 Å². The maximum atomic E-state index is 5.84. The molecule has 0 atom stereocenters. The molecule has 0 unspecified atom stereocenters. The van der Waals surface area contributed by atoms with Crippen LogP contribution in [0.15, 0.2) is 34.1 Å². The van der Waals surface area contributed by atoms with Gasteiger partial charge in [0.2, 0.25) is 0 Å². The van der Waals surface area contributed by atoms with Crippen molar-refractivity contribution in [1.29, 1.82) is 0 Å². The number of thiophene rings is 1. The van der Waals surface area contributed by atoms with Gasteiger partial charge in [-0.05, 0) is 39.0 Å². The third kappa shape index (κ3) is 2.77. The zero-order chi connectivity index (χ0) is 13.2. The van der Waals surface area contributed by atoms with Gasteiger partial charge in [0, 0.05) is 31.1 Å². The van der Waals surface area contributed by atoms with E-state index in [1.165, 1.54) is 25.4 Å². The van der Waals surface area contributed by atoms with Crippen molar-refractivity contribution in [2.45, 2.75) is 26.1 Å². The van der Waals surface area contributed by atoms with Crippen LogP contribution in [0, 0.1) is 0 Å². The van der Waals surface area contributed by atoms with Gasteiger partial charge in [-0.2, -0.15) is 0 Å². The topological polar surface area (TPSA) is 29.3 Å². The van der Waals surface area contributed by atoms with Crippen LogP contribution in [-0.4, -0.2) is 11.4 Å². The van der Waals surface area contributed by atoms with E-state index in [1.807, 2.05) is 11.3 Å². The van der Waals surface area contributed by atoms with E-state index < -0.39 is 0 Å². The molecule has 0 saturated carbocycles.